The van der Waals surface area contributed by atoms with Crippen molar-refractivity contribution < 1.29 is 19.5 Å². The second kappa shape index (κ2) is 10.6. The number of allylic oxidation sites excluding steroid dienone is 2. The molecule has 0 bridgehead atoms. The number of carboxylic acid groups (broad SMARTS) is 1. The number of benzene rings is 1. The van der Waals surface area contributed by atoms with E-state index < -0.39 is 5.97 Å². The lowest BCUT2D eigenvalue weighted by Crippen LogP contribution is -2.34. The highest BCUT2D eigenvalue weighted by Gasteiger charge is 2.31. The van der Waals surface area contributed by atoms with Gasteiger partial charge in [0.2, 0.25) is 5.91 Å². The van der Waals surface area contributed by atoms with Gasteiger partial charge in [-0.3, -0.25) is 14.5 Å². The number of hydrogen-bond acceptors (Lipinski definition) is 6. The molecular formula is C19H19N2O4S2-. The van der Waals surface area contributed by atoms with Crippen LogP contribution in [0.1, 0.15) is 24.8 Å². The van der Waals surface area contributed by atoms with Crippen LogP contribution < -0.4 is 10.4 Å². The van der Waals surface area contributed by atoms with Crippen LogP contribution in [-0.2, 0) is 14.4 Å². The Hall–Kier alpha value is -2.45. The van der Waals surface area contributed by atoms with Crippen molar-refractivity contribution in [1.29, 1.82) is 0 Å². The largest absolute Gasteiger partial charge is 0.550 e. The van der Waals surface area contributed by atoms with Crippen LogP contribution in [0.15, 0.2) is 47.4 Å². The summed E-state index contributed by atoms with van der Waals surface area (Å²) in [7, 11) is 0. The van der Waals surface area contributed by atoms with Gasteiger partial charge in [-0.2, -0.15) is 0 Å². The zero-order valence-electron chi connectivity index (χ0n) is 14.6. The quantitative estimate of drug-likeness (QED) is 0.382. The Balaban J connectivity index is 1.81. The van der Waals surface area contributed by atoms with Gasteiger partial charge in [-0.15, -0.1) is 0 Å². The molecule has 6 nitrogen and oxygen atoms in total. The lowest BCUT2D eigenvalue weighted by atomic mass is 10.2. The van der Waals surface area contributed by atoms with Crippen molar-refractivity contribution in [3.63, 3.8) is 0 Å². The first-order chi connectivity index (χ1) is 13.0. The van der Waals surface area contributed by atoms with Gasteiger partial charge in [0.1, 0.15) is 4.32 Å². The molecule has 1 N–H and O–H groups in total. The van der Waals surface area contributed by atoms with E-state index in [0.717, 1.165) is 5.56 Å². The molecule has 2 amide bonds. The zero-order valence-corrected chi connectivity index (χ0v) is 16.2. The van der Waals surface area contributed by atoms with Gasteiger partial charge >= 0.3 is 0 Å². The highest BCUT2D eigenvalue weighted by Crippen LogP contribution is 2.31. The fourth-order valence-electron chi connectivity index (χ4n) is 2.28. The van der Waals surface area contributed by atoms with E-state index in [4.69, 9.17) is 12.2 Å². The first kappa shape index (κ1) is 20.9. The van der Waals surface area contributed by atoms with Gasteiger partial charge in [-0.25, -0.2) is 0 Å². The monoisotopic (exact) mass is 403 g/mol. The van der Waals surface area contributed by atoms with Crippen molar-refractivity contribution >= 4 is 52.2 Å². The van der Waals surface area contributed by atoms with Crippen molar-refractivity contribution in [1.82, 2.24) is 10.2 Å². The van der Waals surface area contributed by atoms with Crippen LogP contribution in [0.5, 0.6) is 0 Å². The van der Waals surface area contributed by atoms with Crippen LogP contribution in [0.25, 0.3) is 6.08 Å². The van der Waals surface area contributed by atoms with E-state index in [2.05, 4.69) is 5.32 Å². The van der Waals surface area contributed by atoms with Crippen molar-refractivity contribution in [2.24, 2.45) is 0 Å². The van der Waals surface area contributed by atoms with Gasteiger partial charge < -0.3 is 15.2 Å². The summed E-state index contributed by atoms with van der Waals surface area (Å²) in [6.07, 6.45) is 5.72. The van der Waals surface area contributed by atoms with Gasteiger partial charge in [0.05, 0.1) is 4.91 Å². The van der Waals surface area contributed by atoms with Gasteiger partial charge in [0, 0.05) is 25.5 Å². The molecule has 0 atom stereocenters. The normalized spacial score (nSPS) is 15.7. The minimum absolute atomic E-state index is 0.101. The predicted molar refractivity (Wildman–Crippen MR) is 107 cm³/mol. The van der Waals surface area contributed by atoms with E-state index in [0.29, 0.717) is 15.6 Å². The van der Waals surface area contributed by atoms with Crippen LogP contribution in [0.2, 0.25) is 0 Å². The molecule has 8 heteroatoms. The first-order valence-corrected chi connectivity index (χ1v) is 9.63. The molecule has 1 aliphatic rings. The number of aliphatic carboxylic acids is 1. The van der Waals surface area contributed by atoms with Crippen molar-refractivity contribution in [2.45, 2.75) is 19.3 Å². The summed E-state index contributed by atoms with van der Waals surface area (Å²) in [4.78, 5) is 36.4. The van der Waals surface area contributed by atoms with Crippen LogP contribution >= 0.6 is 24.0 Å². The molecular weight excluding hydrogens is 384 g/mol. The maximum absolute atomic E-state index is 12.4. The molecule has 1 heterocycles. The molecule has 1 aromatic carbocycles. The highest BCUT2D eigenvalue weighted by molar-refractivity contribution is 8.26. The van der Waals surface area contributed by atoms with Crippen LogP contribution in [0.3, 0.4) is 0 Å². The molecule has 142 valence electrons. The summed E-state index contributed by atoms with van der Waals surface area (Å²) in [6.45, 7) is 0.451. The van der Waals surface area contributed by atoms with Crippen LogP contribution in [0.4, 0.5) is 0 Å². The molecule has 1 aliphatic heterocycles. The third-order valence-corrected chi connectivity index (χ3v) is 5.05. The lowest BCUT2D eigenvalue weighted by molar-refractivity contribution is -0.305. The number of hydrogen-bond donors (Lipinski definition) is 1. The SMILES string of the molecule is O=C([O-])CCCNC(=O)CCN1C(=O)/C(=C/C=C/c2ccccc2)SC1=S. The van der Waals surface area contributed by atoms with E-state index in [1.807, 2.05) is 36.4 Å². The Bertz CT molecular complexity index is 775. The summed E-state index contributed by atoms with van der Waals surface area (Å²) in [5, 5.41) is 12.9. The summed E-state index contributed by atoms with van der Waals surface area (Å²) >= 11 is 6.43. The van der Waals surface area contributed by atoms with E-state index in [9.17, 15) is 19.5 Å². The van der Waals surface area contributed by atoms with Gasteiger partial charge in [-0.05, 0) is 24.5 Å². The number of amides is 2. The van der Waals surface area contributed by atoms with E-state index >= 15 is 0 Å². The standard InChI is InChI=1S/C19H20N2O4S2/c22-16(20-12-5-10-17(23)24)11-13-21-18(25)15(27-19(21)26)9-4-8-14-6-2-1-3-7-14/h1-4,6-9H,5,10-13H2,(H,20,22)(H,23,24)/p-1/b8-4+,15-9-. The van der Waals surface area contributed by atoms with Crippen LogP contribution in [0, 0.1) is 0 Å². The molecule has 0 unspecified atom stereocenters. The van der Waals surface area contributed by atoms with Gasteiger partial charge in [-0.1, -0.05) is 66.5 Å². The van der Waals surface area contributed by atoms with Gasteiger partial charge in [0.25, 0.3) is 5.91 Å². The van der Waals surface area contributed by atoms with E-state index in [1.165, 1.54) is 16.7 Å². The van der Waals surface area contributed by atoms with Crippen molar-refractivity contribution in [3.8, 4) is 0 Å². The summed E-state index contributed by atoms with van der Waals surface area (Å²) < 4.78 is 0.420. The number of carbonyl (C=O) groups excluding carboxylic acids is 3. The number of carbonyl (C=O) groups is 3. The maximum Gasteiger partial charge on any atom is 0.266 e. The Labute approximate surface area is 167 Å². The molecule has 1 fully saturated rings. The summed E-state index contributed by atoms with van der Waals surface area (Å²) in [5.41, 5.74) is 1.03. The molecule has 0 spiro atoms. The smallest absolute Gasteiger partial charge is 0.266 e. The molecule has 0 aliphatic carbocycles. The second-order valence-electron chi connectivity index (χ2n) is 5.70. The number of nitrogens with one attached hydrogen (secondary N) is 1. The number of carboxylic acids is 1. The predicted octanol–water partition coefficient (Wildman–Crippen LogP) is 1.48. The Morgan fingerprint density at radius 1 is 1.22 bits per heavy atom. The Morgan fingerprint density at radius 3 is 2.67 bits per heavy atom. The number of thiocarbonyl (C=S) groups is 1. The van der Waals surface area contributed by atoms with Crippen molar-refractivity contribution in [2.75, 3.05) is 13.1 Å². The first-order valence-electron chi connectivity index (χ1n) is 8.41. The Kier molecular flexibility index (Phi) is 8.22. The summed E-state index contributed by atoms with van der Waals surface area (Å²) in [5.74, 6) is -1.61. The molecule has 2 rings (SSSR count). The molecule has 1 aromatic rings. The van der Waals surface area contributed by atoms with E-state index in [-0.39, 0.29) is 37.7 Å². The zero-order chi connectivity index (χ0) is 19.6. The lowest BCUT2D eigenvalue weighted by Gasteiger charge is -2.14. The minimum Gasteiger partial charge on any atom is -0.550 e. The van der Waals surface area contributed by atoms with E-state index in [1.54, 1.807) is 12.2 Å². The third-order valence-electron chi connectivity index (χ3n) is 3.65. The highest BCUT2D eigenvalue weighted by atomic mass is 32.2. The molecule has 1 saturated heterocycles. The summed E-state index contributed by atoms with van der Waals surface area (Å²) in [6, 6.07) is 9.72. The molecule has 0 aromatic heterocycles. The molecule has 27 heavy (non-hydrogen) atoms. The number of rotatable bonds is 9. The number of nitrogens with zero attached hydrogens (tertiary/aromatic N) is 1. The fourth-order valence-corrected chi connectivity index (χ4v) is 3.54. The third kappa shape index (κ3) is 6.99. The fraction of sp³-hybridized carbons (Fsp3) is 0.263. The second-order valence-corrected chi connectivity index (χ2v) is 7.38. The Morgan fingerprint density at radius 2 is 1.96 bits per heavy atom. The van der Waals surface area contributed by atoms with Crippen LogP contribution in [-0.4, -0.2) is 40.1 Å². The molecule has 0 saturated carbocycles. The molecule has 0 radical (unpaired) electrons. The van der Waals surface area contributed by atoms with Gasteiger partial charge in [0.15, 0.2) is 0 Å². The average Bonchev–Trinajstić information content (AvgIpc) is 2.91. The minimum atomic E-state index is -1.14. The van der Waals surface area contributed by atoms with Crippen molar-refractivity contribution in [3.05, 3.63) is 53.0 Å². The average molecular weight is 404 g/mol. The maximum atomic E-state index is 12.4. The topological polar surface area (TPSA) is 89.5 Å². The number of thioether (sulfide) groups is 1.